The van der Waals surface area contributed by atoms with E-state index in [1.165, 1.54) is 30.7 Å². The van der Waals surface area contributed by atoms with Gasteiger partial charge in [-0.1, -0.05) is 10.3 Å². The number of nitrogens with one attached hydrogen (secondary N) is 1. The SMILES string of the molecule is Cl.O=C(c1ccc(F)cc1)N1CCC[C@H](c2nc(-c3ccsc3)no2)C1.c1cc(-c2noc([C@H]3CCCNC3)n2)cs1. The first kappa shape index (κ1) is 30.0. The third kappa shape index (κ3) is 7.12. The lowest BCUT2D eigenvalue weighted by atomic mass is 9.97. The molecular formula is C29H30ClFN6O3S2. The van der Waals surface area contributed by atoms with Gasteiger partial charge in [0, 0.05) is 47.1 Å². The lowest BCUT2D eigenvalue weighted by Gasteiger charge is -2.31. The molecule has 9 nitrogen and oxygen atoms in total. The summed E-state index contributed by atoms with van der Waals surface area (Å²) < 4.78 is 23.8. The van der Waals surface area contributed by atoms with Crippen LogP contribution in [0.5, 0.6) is 0 Å². The molecule has 2 aliphatic heterocycles. The van der Waals surface area contributed by atoms with Gasteiger partial charge >= 0.3 is 0 Å². The summed E-state index contributed by atoms with van der Waals surface area (Å²) in [5.41, 5.74) is 2.48. The lowest BCUT2D eigenvalue weighted by molar-refractivity contribution is 0.0695. The molecule has 2 fully saturated rings. The highest BCUT2D eigenvalue weighted by atomic mass is 35.5. The molecule has 0 radical (unpaired) electrons. The van der Waals surface area contributed by atoms with Gasteiger partial charge in [-0.3, -0.25) is 4.79 Å². The average Bonchev–Trinajstić information content (AvgIpc) is 3.84. The normalized spacial score (nSPS) is 18.5. The Kier molecular flexibility index (Phi) is 10.1. The van der Waals surface area contributed by atoms with E-state index in [4.69, 9.17) is 9.05 Å². The van der Waals surface area contributed by atoms with Crippen molar-refractivity contribution >= 4 is 41.0 Å². The molecule has 0 aliphatic carbocycles. The Labute approximate surface area is 256 Å². The number of aromatic nitrogens is 4. The predicted octanol–water partition coefficient (Wildman–Crippen LogP) is 6.64. The number of piperidine rings is 2. The molecule has 2 aliphatic rings. The number of likely N-dealkylation sites (tertiary alicyclic amines) is 1. The Balaban J connectivity index is 0.000000179. The van der Waals surface area contributed by atoms with Crippen LogP contribution < -0.4 is 5.32 Å². The number of hydrogen-bond acceptors (Lipinski definition) is 10. The first-order valence-electron chi connectivity index (χ1n) is 13.6. The van der Waals surface area contributed by atoms with Crippen LogP contribution in [0.1, 0.15) is 59.7 Å². The molecule has 6 heterocycles. The van der Waals surface area contributed by atoms with Gasteiger partial charge in [0.05, 0.1) is 11.8 Å². The largest absolute Gasteiger partial charge is 0.339 e. The molecule has 2 saturated heterocycles. The molecule has 1 N–H and O–H groups in total. The summed E-state index contributed by atoms with van der Waals surface area (Å²) >= 11 is 3.23. The standard InChI is InChI=1S/C18H16FN3O2S.C11H13N3OS.ClH/c19-15-5-3-12(4-6-15)18(23)22-8-1-2-13(10-22)17-20-16(21-24-17)14-7-9-25-11-14;1-2-8(6-12-4-1)11-13-10(14-15-11)9-3-5-16-7-9;/h3-7,9,11,13H,1-2,8,10H2;3,5,7-8,12H,1-2,4,6H2;1H/t13-;8-;/m00./s1. The highest BCUT2D eigenvalue weighted by Crippen LogP contribution is 2.29. The van der Waals surface area contributed by atoms with Crippen molar-refractivity contribution in [1.29, 1.82) is 0 Å². The molecule has 0 saturated carbocycles. The molecule has 5 aromatic rings. The van der Waals surface area contributed by atoms with Crippen LogP contribution in [0.4, 0.5) is 4.39 Å². The Bertz CT molecular complexity index is 1540. The minimum atomic E-state index is -0.347. The van der Waals surface area contributed by atoms with Gasteiger partial charge in [-0.25, -0.2) is 4.39 Å². The van der Waals surface area contributed by atoms with Crippen molar-refractivity contribution in [3.05, 3.63) is 81.1 Å². The molecule has 0 unspecified atom stereocenters. The molecule has 1 amide bonds. The number of rotatable bonds is 5. The van der Waals surface area contributed by atoms with Crippen molar-refractivity contribution in [2.45, 2.75) is 37.5 Å². The Hall–Kier alpha value is -3.45. The van der Waals surface area contributed by atoms with Gasteiger partial charge in [0.1, 0.15) is 5.82 Å². The van der Waals surface area contributed by atoms with Crippen LogP contribution in [0.3, 0.4) is 0 Å². The van der Waals surface area contributed by atoms with E-state index >= 15 is 0 Å². The molecule has 1 aromatic carbocycles. The van der Waals surface area contributed by atoms with Crippen LogP contribution in [0, 0.1) is 5.82 Å². The van der Waals surface area contributed by atoms with Crippen molar-refractivity contribution in [3.8, 4) is 22.8 Å². The maximum absolute atomic E-state index is 13.0. The summed E-state index contributed by atoms with van der Waals surface area (Å²) in [6.45, 7) is 3.26. The van der Waals surface area contributed by atoms with Crippen molar-refractivity contribution < 1.29 is 18.2 Å². The highest BCUT2D eigenvalue weighted by Gasteiger charge is 2.29. The number of thiophene rings is 2. The fourth-order valence-corrected chi connectivity index (χ4v) is 6.29. The summed E-state index contributed by atoms with van der Waals surface area (Å²) in [5.74, 6) is 2.60. The van der Waals surface area contributed by atoms with E-state index in [2.05, 4.69) is 25.6 Å². The second kappa shape index (κ2) is 14.1. The second-order valence-corrected chi connectivity index (χ2v) is 11.6. The number of carbonyl (C=O) groups is 1. The number of nitrogens with zero attached hydrogens (tertiary/aromatic N) is 5. The monoisotopic (exact) mass is 628 g/mol. The average molecular weight is 629 g/mol. The third-order valence-electron chi connectivity index (χ3n) is 7.24. The van der Waals surface area contributed by atoms with Gasteiger partial charge < -0.3 is 19.3 Å². The lowest BCUT2D eigenvalue weighted by Crippen LogP contribution is -2.39. The molecule has 0 bridgehead atoms. The summed E-state index contributed by atoms with van der Waals surface area (Å²) in [6, 6.07) is 9.61. The van der Waals surface area contributed by atoms with Crippen molar-refractivity contribution in [1.82, 2.24) is 30.5 Å². The Morgan fingerprint density at radius 2 is 1.50 bits per heavy atom. The zero-order chi connectivity index (χ0) is 28.0. The van der Waals surface area contributed by atoms with Gasteiger partial charge in [-0.2, -0.15) is 32.6 Å². The van der Waals surface area contributed by atoms with Gasteiger partial charge in [-0.15, -0.1) is 12.4 Å². The van der Waals surface area contributed by atoms with Crippen LogP contribution in [0.2, 0.25) is 0 Å². The zero-order valence-corrected chi connectivity index (χ0v) is 25.1. The van der Waals surface area contributed by atoms with E-state index in [1.807, 2.05) is 33.7 Å². The van der Waals surface area contributed by atoms with Gasteiger partial charge in [0.2, 0.25) is 23.4 Å². The number of carbonyl (C=O) groups excluding carboxylic acids is 1. The van der Waals surface area contributed by atoms with E-state index in [9.17, 15) is 9.18 Å². The van der Waals surface area contributed by atoms with Gasteiger partial charge in [0.25, 0.3) is 5.91 Å². The molecule has 7 rings (SSSR count). The van der Waals surface area contributed by atoms with E-state index in [1.54, 1.807) is 27.6 Å². The van der Waals surface area contributed by atoms with Crippen LogP contribution in [-0.2, 0) is 0 Å². The fourth-order valence-electron chi connectivity index (χ4n) is 5.02. The van der Waals surface area contributed by atoms with Crippen LogP contribution in [0.15, 0.2) is 67.0 Å². The summed E-state index contributed by atoms with van der Waals surface area (Å²) in [6.07, 6.45) is 4.09. The van der Waals surface area contributed by atoms with Crippen molar-refractivity contribution in [3.63, 3.8) is 0 Å². The fraction of sp³-hybridized carbons (Fsp3) is 0.345. The summed E-state index contributed by atoms with van der Waals surface area (Å²) in [4.78, 5) is 23.4. The second-order valence-electron chi connectivity index (χ2n) is 10.1. The van der Waals surface area contributed by atoms with E-state index in [0.717, 1.165) is 49.4 Å². The highest BCUT2D eigenvalue weighted by molar-refractivity contribution is 7.08. The number of halogens is 2. The number of hydrogen-bond donors (Lipinski definition) is 1. The number of benzene rings is 1. The maximum atomic E-state index is 13.0. The van der Waals surface area contributed by atoms with Crippen molar-refractivity contribution in [2.75, 3.05) is 26.2 Å². The third-order valence-corrected chi connectivity index (χ3v) is 8.60. The topological polar surface area (TPSA) is 110 Å². The van der Waals surface area contributed by atoms with Gasteiger partial charge in [0.15, 0.2) is 0 Å². The molecule has 2 atom stereocenters. The number of amides is 1. The molecule has 4 aromatic heterocycles. The van der Waals surface area contributed by atoms with Crippen LogP contribution >= 0.6 is 35.1 Å². The van der Waals surface area contributed by atoms with E-state index < -0.39 is 0 Å². The molecule has 42 heavy (non-hydrogen) atoms. The van der Waals surface area contributed by atoms with Gasteiger partial charge in [-0.05, 0) is 79.4 Å². The smallest absolute Gasteiger partial charge is 0.253 e. The predicted molar refractivity (Wildman–Crippen MR) is 162 cm³/mol. The first-order valence-corrected chi connectivity index (χ1v) is 15.5. The summed E-state index contributed by atoms with van der Waals surface area (Å²) in [5, 5.41) is 19.4. The minimum absolute atomic E-state index is 0. The molecular weight excluding hydrogens is 599 g/mol. The zero-order valence-electron chi connectivity index (χ0n) is 22.6. The Morgan fingerprint density at radius 1 is 0.881 bits per heavy atom. The van der Waals surface area contributed by atoms with Crippen LogP contribution in [-0.4, -0.2) is 57.3 Å². The maximum Gasteiger partial charge on any atom is 0.253 e. The first-order chi connectivity index (χ1) is 20.1. The Morgan fingerprint density at radius 3 is 2.07 bits per heavy atom. The summed E-state index contributed by atoms with van der Waals surface area (Å²) in [7, 11) is 0. The van der Waals surface area contributed by atoms with Crippen molar-refractivity contribution in [2.24, 2.45) is 0 Å². The van der Waals surface area contributed by atoms with E-state index in [0.29, 0.717) is 42.1 Å². The van der Waals surface area contributed by atoms with E-state index in [-0.39, 0.29) is 30.0 Å². The molecule has 0 spiro atoms. The quantitative estimate of drug-likeness (QED) is 0.231. The minimum Gasteiger partial charge on any atom is -0.339 e. The van der Waals surface area contributed by atoms with Crippen LogP contribution in [0.25, 0.3) is 22.8 Å². The molecule has 220 valence electrons. The molecule has 13 heteroatoms.